The fourth-order valence-electron chi connectivity index (χ4n) is 2.09. The smallest absolute Gasteiger partial charge is 0.246 e. The molecule has 0 bridgehead atoms. The number of likely N-dealkylation sites (N-methyl/N-ethyl adjacent to an activating group) is 2. The lowest BCUT2D eigenvalue weighted by atomic mass is 10.1. The predicted molar refractivity (Wildman–Crippen MR) is 78.3 cm³/mol. The number of hydrogen-bond acceptors (Lipinski definition) is 3. The molecule has 18 heavy (non-hydrogen) atoms. The molecule has 0 spiro atoms. The summed E-state index contributed by atoms with van der Waals surface area (Å²) in [5, 5.41) is 0. The lowest BCUT2D eigenvalue weighted by Crippen LogP contribution is -2.46. The van der Waals surface area contributed by atoms with Gasteiger partial charge in [-0.1, -0.05) is 15.9 Å². The zero-order valence-corrected chi connectivity index (χ0v) is 12.6. The van der Waals surface area contributed by atoms with Gasteiger partial charge in [-0.15, -0.1) is 0 Å². The summed E-state index contributed by atoms with van der Waals surface area (Å²) in [4.78, 5) is 18.1. The molecule has 0 fully saturated rings. The first-order chi connectivity index (χ1) is 8.49. The monoisotopic (exact) mass is 311 g/mol. The number of halogens is 1. The number of nitrogens with zero attached hydrogens (tertiary/aromatic N) is 3. The lowest BCUT2D eigenvalue weighted by molar-refractivity contribution is -0.117. The SMILES string of the molecule is CN(C)CCN1C(=O)CN(C)c2ccc(Br)cc21. The summed E-state index contributed by atoms with van der Waals surface area (Å²) in [6.45, 7) is 2.03. The molecule has 98 valence electrons. The normalized spacial score (nSPS) is 15.3. The Hall–Kier alpha value is -1.07. The molecular formula is C13H18BrN3O. The first-order valence-electron chi connectivity index (χ1n) is 5.95. The summed E-state index contributed by atoms with van der Waals surface area (Å²) >= 11 is 3.47. The molecule has 0 N–H and O–H groups in total. The van der Waals surface area contributed by atoms with E-state index in [-0.39, 0.29) is 5.91 Å². The van der Waals surface area contributed by atoms with Gasteiger partial charge in [0.05, 0.1) is 17.9 Å². The van der Waals surface area contributed by atoms with Crippen LogP contribution >= 0.6 is 15.9 Å². The Kier molecular flexibility index (Phi) is 3.92. The van der Waals surface area contributed by atoms with Crippen LogP contribution < -0.4 is 9.80 Å². The minimum absolute atomic E-state index is 0.157. The van der Waals surface area contributed by atoms with Crippen molar-refractivity contribution in [2.24, 2.45) is 0 Å². The fourth-order valence-corrected chi connectivity index (χ4v) is 2.44. The maximum absolute atomic E-state index is 12.1. The highest BCUT2D eigenvalue weighted by Crippen LogP contribution is 2.34. The van der Waals surface area contributed by atoms with Crippen LogP contribution in [0.5, 0.6) is 0 Å². The van der Waals surface area contributed by atoms with Gasteiger partial charge in [0.25, 0.3) is 0 Å². The third kappa shape index (κ3) is 2.67. The van der Waals surface area contributed by atoms with Crippen molar-refractivity contribution in [2.45, 2.75) is 0 Å². The van der Waals surface area contributed by atoms with E-state index >= 15 is 0 Å². The molecule has 1 aromatic rings. The largest absolute Gasteiger partial charge is 0.364 e. The third-order valence-electron chi connectivity index (χ3n) is 3.08. The van der Waals surface area contributed by atoms with E-state index in [0.717, 1.165) is 28.9 Å². The molecule has 0 saturated heterocycles. The highest BCUT2D eigenvalue weighted by molar-refractivity contribution is 9.10. The van der Waals surface area contributed by atoms with E-state index in [9.17, 15) is 4.79 Å². The van der Waals surface area contributed by atoms with Crippen LogP contribution in [0.4, 0.5) is 11.4 Å². The molecule has 4 nitrogen and oxygen atoms in total. The average Bonchev–Trinajstić information content (AvgIpc) is 2.27. The van der Waals surface area contributed by atoms with Gasteiger partial charge < -0.3 is 14.7 Å². The summed E-state index contributed by atoms with van der Waals surface area (Å²) in [6.07, 6.45) is 0. The second-order valence-corrected chi connectivity index (χ2v) is 5.75. The van der Waals surface area contributed by atoms with Crippen LogP contribution in [-0.2, 0) is 4.79 Å². The molecule has 0 aliphatic carbocycles. The van der Waals surface area contributed by atoms with Crippen LogP contribution in [0.2, 0.25) is 0 Å². The zero-order chi connectivity index (χ0) is 13.3. The van der Waals surface area contributed by atoms with Gasteiger partial charge in [-0.2, -0.15) is 0 Å². The van der Waals surface area contributed by atoms with E-state index in [4.69, 9.17) is 0 Å². The Labute approximate surface area is 116 Å². The Balaban J connectivity index is 2.32. The molecule has 0 saturated carbocycles. The fraction of sp³-hybridized carbons (Fsp3) is 0.462. The van der Waals surface area contributed by atoms with Crippen molar-refractivity contribution < 1.29 is 4.79 Å². The van der Waals surface area contributed by atoms with Crippen molar-refractivity contribution >= 4 is 33.2 Å². The molecule has 1 aliphatic rings. The number of anilines is 2. The van der Waals surface area contributed by atoms with E-state index in [1.54, 1.807) is 0 Å². The summed E-state index contributed by atoms with van der Waals surface area (Å²) < 4.78 is 0.999. The quantitative estimate of drug-likeness (QED) is 0.851. The van der Waals surface area contributed by atoms with Crippen molar-refractivity contribution in [1.29, 1.82) is 0 Å². The van der Waals surface area contributed by atoms with E-state index in [2.05, 4.69) is 26.9 Å². The number of benzene rings is 1. The molecule has 0 unspecified atom stereocenters. The topological polar surface area (TPSA) is 26.8 Å². The average molecular weight is 312 g/mol. The number of rotatable bonds is 3. The standard InChI is InChI=1S/C13H18BrN3O/c1-15(2)6-7-17-12-8-10(14)4-5-11(12)16(3)9-13(17)18/h4-5,8H,6-7,9H2,1-3H3. The minimum atomic E-state index is 0.157. The van der Waals surface area contributed by atoms with Crippen molar-refractivity contribution in [1.82, 2.24) is 4.90 Å². The third-order valence-corrected chi connectivity index (χ3v) is 3.58. The molecule has 0 radical (unpaired) electrons. The van der Waals surface area contributed by atoms with Gasteiger partial charge in [-0.25, -0.2) is 0 Å². The summed E-state index contributed by atoms with van der Waals surface area (Å²) in [5.41, 5.74) is 2.10. The van der Waals surface area contributed by atoms with Gasteiger partial charge in [0.1, 0.15) is 0 Å². The van der Waals surface area contributed by atoms with Crippen LogP contribution in [0.15, 0.2) is 22.7 Å². The Morgan fingerprint density at radius 2 is 2.06 bits per heavy atom. The zero-order valence-electron chi connectivity index (χ0n) is 11.0. The van der Waals surface area contributed by atoms with Gasteiger partial charge >= 0.3 is 0 Å². The van der Waals surface area contributed by atoms with Crippen LogP contribution in [0.1, 0.15) is 0 Å². The number of carbonyl (C=O) groups excluding carboxylic acids is 1. The van der Waals surface area contributed by atoms with Gasteiger partial charge in [-0.05, 0) is 32.3 Å². The van der Waals surface area contributed by atoms with Gasteiger partial charge in [0, 0.05) is 24.6 Å². The summed E-state index contributed by atoms with van der Waals surface area (Å²) in [6, 6.07) is 6.07. The van der Waals surface area contributed by atoms with Crippen LogP contribution in [0, 0.1) is 0 Å². The van der Waals surface area contributed by atoms with Crippen molar-refractivity contribution in [3.63, 3.8) is 0 Å². The van der Waals surface area contributed by atoms with E-state index in [1.165, 1.54) is 0 Å². The summed E-state index contributed by atoms with van der Waals surface area (Å²) in [7, 11) is 5.98. The van der Waals surface area contributed by atoms with Crippen molar-refractivity contribution in [3.8, 4) is 0 Å². The first-order valence-corrected chi connectivity index (χ1v) is 6.74. The number of fused-ring (bicyclic) bond motifs is 1. The molecular weight excluding hydrogens is 294 g/mol. The first kappa shape index (κ1) is 13.4. The van der Waals surface area contributed by atoms with Gasteiger partial charge in [0.15, 0.2) is 0 Å². The number of hydrogen-bond donors (Lipinski definition) is 0. The van der Waals surface area contributed by atoms with E-state index < -0.39 is 0 Å². The second-order valence-electron chi connectivity index (χ2n) is 4.84. The lowest BCUT2D eigenvalue weighted by Gasteiger charge is -2.35. The Morgan fingerprint density at radius 3 is 2.72 bits per heavy atom. The van der Waals surface area contributed by atoms with Crippen molar-refractivity contribution in [3.05, 3.63) is 22.7 Å². The number of carbonyl (C=O) groups is 1. The molecule has 2 rings (SSSR count). The molecule has 1 aromatic carbocycles. The van der Waals surface area contributed by atoms with E-state index in [1.807, 2.05) is 43.1 Å². The van der Waals surface area contributed by atoms with Gasteiger partial charge in [0.2, 0.25) is 5.91 Å². The highest BCUT2D eigenvalue weighted by Gasteiger charge is 2.27. The molecule has 5 heteroatoms. The molecule has 1 heterocycles. The Bertz CT molecular complexity index is 462. The van der Waals surface area contributed by atoms with Crippen LogP contribution in [-0.4, -0.2) is 51.6 Å². The minimum Gasteiger partial charge on any atom is -0.364 e. The highest BCUT2D eigenvalue weighted by atomic mass is 79.9. The predicted octanol–water partition coefficient (Wildman–Crippen LogP) is 1.79. The van der Waals surface area contributed by atoms with Crippen molar-refractivity contribution in [2.75, 3.05) is 50.6 Å². The molecule has 1 aliphatic heterocycles. The maximum atomic E-state index is 12.1. The maximum Gasteiger partial charge on any atom is 0.246 e. The summed E-state index contributed by atoms with van der Waals surface area (Å²) in [5.74, 6) is 0.157. The molecule has 1 amide bonds. The Morgan fingerprint density at radius 1 is 1.33 bits per heavy atom. The van der Waals surface area contributed by atoms with E-state index in [0.29, 0.717) is 6.54 Å². The van der Waals surface area contributed by atoms with Crippen LogP contribution in [0.3, 0.4) is 0 Å². The molecule has 0 atom stereocenters. The van der Waals surface area contributed by atoms with Crippen LogP contribution in [0.25, 0.3) is 0 Å². The number of amides is 1. The van der Waals surface area contributed by atoms with Gasteiger partial charge in [-0.3, -0.25) is 4.79 Å². The second kappa shape index (κ2) is 5.28. The molecule has 0 aromatic heterocycles.